The van der Waals surface area contributed by atoms with E-state index in [1.807, 2.05) is 24.3 Å². The maximum atomic E-state index is 12.6. The number of carbonyl (C=O) groups excluding carboxylic acids is 2. The van der Waals surface area contributed by atoms with Gasteiger partial charge in [-0.3, -0.25) is 4.79 Å². The van der Waals surface area contributed by atoms with Gasteiger partial charge in [-0.15, -0.1) is 0 Å². The molecule has 6 heteroatoms. The zero-order valence-corrected chi connectivity index (χ0v) is 18.5. The molecular weight excluding hydrogens is 404 g/mol. The fourth-order valence-corrected chi connectivity index (χ4v) is 4.82. The second kappa shape index (κ2) is 9.46. The van der Waals surface area contributed by atoms with E-state index in [1.165, 1.54) is 22.3 Å². The van der Waals surface area contributed by atoms with Crippen molar-refractivity contribution in [2.75, 3.05) is 40.0 Å². The van der Waals surface area contributed by atoms with Crippen LogP contribution in [0.15, 0.2) is 48.5 Å². The third-order valence-electron chi connectivity index (χ3n) is 6.36. The van der Waals surface area contributed by atoms with Crippen molar-refractivity contribution in [2.45, 2.75) is 19.3 Å². The maximum absolute atomic E-state index is 12.6. The van der Waals surface area contributed by atoms with Crippen LogP contribution in [-0.2, 0) is 14.3 Å². The predicted molar refractivity (Wildman–Crippen MR) is 122 cm³/mol. The summed E-state index contributed by atoms with van der Waals surface area (Å²) in [5.41, 5.74) is 4.41. The molecule has 166 valence electrons. The topological polar surface area (TPSA) is 67.9 Å². The smallest absolute Gasteiger partial charge is 0.407 e. The lowest BCUT2D eigenvalue weighted by Crippen LogP contribution is -2.43. The van der Waals surface area contributed by atoms with E-state index in [2.05, 4.69) is 41.4 Å². The van der Waals surface area contributed by atoms with Gasteiger partial charge in [0.2, 0.25) is 0 Å². The van der Waals surface area contributed by atoms with E-state index in [0.717, 1.165) is 6.42 Å². The number of methoxy groups -OCH3 is 1. The van der Waals surface area contributed by atoms with Crippen molar-refractivity contribution in [2.24, 2.45) is 5.41 Å². The number of hydrogen-bond donors (Lipinski definition) is 1. The van der Waals surface area contributed by atoms with Crippen LogP contribution >= 0.6 is 0 Å². The normalized spacial score (nSPS) is 19.0. The molecule has 2 aromatic rings. The summed E-state index contributed by atoms with van der Waals surface area (Å²) in [6.07, 6.45) is 0.280. The Labute approximate surface area is 188 Å². The average Bonchev–Trinajstić information content (AvgIpc) is 3.37. The molecule has 1 atom stereocenters. The molecule has 0 aromatic heterocycles. The second-order valence-corrected chi connectivity index (χ2v) is 8.46. The number of fused-ring (bicyclic) bond motifs is 3. The highest BCUT2D eigenvalue weighted by Gasteiger charge is 2.40. The molecule has 1 N–H and O–H groups in total. The number of rotatable bonds is 6. The molecule has 0 bridgehead atoms. The zero-order chi connectivity index (χ0) is 22.6. The van der Waals surface area contributed by atoms with Crippen LogP contribution in [0.25, 0.3) is 11.1 Å². The van der Waals surface area contributed by atoms with Crippen molar-refractivity contribution >= 4 is 12.0 Å². The SMILES string of the molecule is CC#CC(=O)N1CC[C@](CNC(=O)OCC2c3ccccc3-c3ccccc32)(COC)C1. The number of likely N-dealkylation sites (tertiary alicyclic amines) is 1. The molecule has 1 aliphatic carbocycles. The molecule has 32 heavy (non-hydrogen) atoms. The Hall–Kier alpha value is -3.30. The van der Waals surface area contributed by atoms with Gasteiger partial charge in [-0.25, -0.2) is 4.79 Å². The maximum Gasteiger partial charge on any atom is 0.407 e. The van der Waals surface area contributed by atoms with Gasteiger partial charge in [0.15, 0.2) is 0 Å². The number of alkyl carbamates (subject to hydrolysis) is 1. The van der Waals surface area contributed by atoms with Crippen molar-refractivity contribution in [1.82, 2.24) is 10.2 Å². The summed E-state index contributed by atoms with van der Waals surface area (Å²) in [4.78, 5) is 26.4. The van der Waals surface area contributed by atoms with Crippen molar-refractivity contribution in [3.8, 4) is 23.0 Å². The molecule has 1 aliphatic heterocycles. The first-order valence-corrected chi connectivity index (χ1v) is 10.9. The van der Waals surface area contributed by atoms with Crippen LogP contribution in [0, 0.1) is 17.3 Å². The van der Waals surface area contributed by atoms with E-state index in [9.17, 15) is 9.59 Å². The number of nitrogens with one attached hydrogen (secondary N) is 1. The van der Waals surface area contributed by atoms with E-state index in [1.54, 1.807) is 18.9 Å². The van der Waals surface area contributed by atoms with Gasteiger partial charge in [0.25, 0.3) is 5.91 Å². The zero-order valence-electron chi connectivity index (χ0n) is 18.5. The van der Waals surface area contributed by atoms with E-state index < -0.39 is 6.09 Å². The molecule has 0 spiro atoms. The van der Waals surface area contributed by atoms with Gasteiger partial charge in [0, 0.05) is 38.1 Å². The van der Waals surface area contributed by atoms with Crippen LogP contribution in [0.4, 0.5) is 4.79 Å². The van der Waals surface area contributed by atoms with E-state index in [-0.39, 0.29) is 23.8 Å². The van der Waals surface area contributed by atoms with E-state index in [0.29, 0.717) is 26.2 Å². The highest BCUT2D eigenvalue weighted by Crippen LogP contribution is 2.44. The minimum Gasteiger partial charge on any atom is -0.449 e. The van der Waals surface area contributed by atoms with Gasteiger partial charge in [-0.1, -0.05) is 54.5 Å². The molecular formula is C26H28N2O4. The van der Waals surface area contributed by atoms with Gasteiger partial charge in [-0.05, 0) is 41.5 Å². The summed E-state index contributed by atoms with van der Waals surface area (Å²) in [5.74, 6) is 5.07. The summed E-state index contributed by atoms with van der Waals surface area (Å²) >= 11 is 0. The van der Waals surface area contributed by atoms with Crippen LogP contribution in [0.5, 0.6) is 0 Å². The molecule has 2 aliphatic rings. The highest BCUT2D eigenvalue weighted by molar-refractivity contribution is 5.93. The second-order valence-electron chi connectivity index (χ2n) is 8.46. The quantitative estimate of drug-likeness (QED) is 0.711. The molecule has 2 aromatic carbocycles. The number of carbonyl (C=O) groups is 2. The monoisotopic (exact) mass is 432 g/mol. The van der Waals surface area contributed by atoms with Crippen LogP contribution in [0.1, 0.15) is 30.4 Å². The summed E-state index contributed by atoms with van der Waals surface area (Å²) in [7, 11) is 1.63. The van der Waals surface area contributed by atoms with Crippen LogP contribution < -0.4 is 5.32 Å². The lowest BCUT2D eigenvalue weighted by Gasteiger charge is -2.28. The molecule has 1 fully saturated rings. The summed E-state index contributed by atoms with van der Waals surface area (Å²) in [6.45, 7) is 3.84. The molecule has 1 heterocycles. The average molecular weight is 433 g/mol. The number of hydrogen-bond acceptors (Lipinski definition) is 4. The van der Waals surface area contributed by atoms with Gasteiger partial charge >= 0.3 is 6.09 Å². The molecule has 1 saturated heterocycles. The van der Waals surface area contributed by atoms with Crippen molar-refractivity contribution in [3.05, 3.63) is 59.7 Å². The Balaban J connectivity index is 1.37. The molecule has 6 nitrogen and oxygen atoms in total. The van der Waals surface area contributed by atoms with Crippen molar-refractivity contribution < 1.29 is 19.1 Å². The molecule has 4 rings (SSSR count). The van der Waals surface area contributed by atoms with Gasteiger partial charge in [0.05, 0.1) is 6.61 Å². The molecule has 0 saturated carbocycles. The van der Waals surface area contributed by atoms with Crippen LogP contribution in [-0.4, -0.2) is 56.9 Å². The van der Waals surface area contributed by atoms with E-state index in [4.69, 9.17) is 9.47 Å². The minimum atomic E-state index is -0.458. The Morgan fingerprint density at radius 2 is 1.78 bits per heavy atom. The number of benzene rings is 2. The summed E-state index contributed by atoms with van der Waals surface area (Å²) < 4.78 is 11.0. The van der Waals surface area contributed by atoms with Crippen LogP contribution in [0.3, 0.4) is 0 Å². The van der Waals surface area contributed by atoms with Crippen LogP contribution in [0.2, 0.25) is 0 Å². The van der Waals surface area contributed by atoms with Crippen molar-refractivity contribution in [1.29, 1.82) is 0 Å². The Kier molecular flexibility index (Phi) is 6.48. The number of amides is 2. The fraction of sp³-hybridized carbons (Fsp3) is 0.385. The Morgan fingerprint density at radius 3 is 2.41 bits per heavy atom. The first-order chi connectivity index (χ1) is 15.6. The van der Waals surface area contributed by atoms with Crippen molar-refractivity contribution in [3.63, 3.8) is 0 Å². The first-order valence-electron chi connectivity index (χ1n) is 10.9. The lowest BCUT2D eigenvalue weighted by molar-refractivity contribution is -0.124. The third-order valence-corrected chi connectivity index (χ3v) is 6.36. The summed E-state index contributed by atoms with van der Waals surface area (Å²) in [6, 6.07) is 16.5. The Morgan fingerprint density at radius 1 is 1.12 bits per heavy atom. The minimum absolute atomic E-state index is 0.0216. The number of ether oxygens (including phenoxy) is 2. The molecule has 0 unspecified atom stereocenters. The first kappa shape index (κ1) is 21.9. The predicted octanol–water partition coefficient (Wildman–Crippen LogP) is 3.41. The van der Waals surface area contributed by atoms with Gasteiger partial charge in [0.1, 0.15) is 6.61 Å². The lowest BCUT2D eigenvalue weighted by atomic mass is 9.88. The largest absolute Gasteiger partial charge is 0.449 e. The fourth-order valence-electron chi connectivity index (χ4n) is 4.82. The highest BCUT2D eigenvalue weighted by atomic mass is 16.5. The Bertz CT molecular complexity index is 1030. The molecule has 0 radical (unpaired) electrons. The summed E-state index contributed by atoms with van der Waals surface area (Å²) in [5, 5.41) is 2.90. The number of nitrogens with zero attached hydrogens (tertiary/aromatic N) is 1. The standard InChI is InChI=1S/C26H28N2O4/c1-3-8-24(29)28-14-13-26(17-28,18-31-2)16-27-25(30)32-15-23-21-11-6-4-9-19(21)20-10-5-7-12-22(20)23/h4-7,9-12,23H,13-18H2,1-2H3,(H,27,30)/t26-/m1/s1. The van der Waals surface area contributed by atoms with E-state index >= 15 is 0 Å². The molecule has 2 amide bonds. The van der Waals surface area contributed by atoms with Gasteiger partial charge < -0.3 is 19.7 Å². The van der Waals surface area contributed by atoms with Gasteiger partial charge in [-0.2, -0.15) is 0 Å². The third kappa shape index (κ3) is 4.35.